The van der Waals surface area contributed by atoms with Crippen molar-refractivity contribution in [3.63, 3.8) is 0 Å². The molecular formula is C17H27N3O2S. The lowest BCUT2D eigenvalue weighted by Crippen LogP contribution is -2.40. The van der Waals surface area contributed by atoms with Crippen LogP contribution in [-0.4, -0.2) is 45.1 Å². The van der Waals surface area contributed by atoms with E-state index in [-0.39, 0.29) is 6.17 Å². The van der Waals surface area contributed by atoms with Crippen molar-refractivity contribution in [1.29, 1.82) is 0 Å². The van der Waals surface area contributed by atoms with Gasteiger partial charge in [-0.25, -0.2) is 8.42 Å². The molecule has 1 saturated heterocycles. The van der Waals surface area contributed by atoms with Crippen molar-refractivity contribution in [3.05, 3.63) is 18.2 Å². The van der Waals surface area contributed by atoms with E-state index in [0.29, 0.717) is 18.0 Å². The van der Waals surface area contributed by atoms with Crippen LogP contribution in [0.5, 0.6) is 0 Å². The SMILES string of the molecule is CCN1c2ccc(S(=O)(=O)N3CCCCC3)cc2N(CC)C1C. The van der Waals surface area contributed by atoms with Gasteiger partial charge in [0.2, 0.25) is 10.0 Å². The van der Waals surface area contributed by atoms with E-state index in [9.17, 15) is 8.42 Å². The van der Waals surface area contributed by atoms with E-state index >= 15 is 0 Å². The average Bonchev–Trinajstić information content (AvgIpc) is 2.85. The van der Waals surface area contributed by atoms with E-state index in [4.69, 9.17) is 0 Å². The maximum atomic E-state index is 12.9. The predicted octanol–water partition coefficient (Wildman–Crippen LogP) is 2.87. The van der Waals surface area contributed by atoms with Crippen LogP contribution in [-0.2, 0) is 10.0 Å². The highest BCUT2D eigenvalue weighted by Crippen LogP contribution is 2.41. The molecule has 3 rings (SSSR count). The molecule has 0 aliphatic carbocycles. The fourth-order valence-electron chi connectivity index (χ4n) is 3.83. The number of benzene rings is 1. The van der Waals surface area contributed by atoms with Crippen LogP contribution in [0.3, 0.4) is 0 Å². The van der Waals surface area contributed by atoms with Crippen LogP contribution in [0.4, 0.5) is 11.4 Å². The summed E-state index contributed by atoms with van der Waals surface area (Å²) < 4.78 is 27.5. The number of nitrogens with zero attached hydrogens (tertiary/aromatic N) is 3. The number of fused-ring (bicyclic) bond motifs is 1. The summed E-state index contributed by atoms with van der Waals surface area (Å²) in [7, 11) is -3.37. The van der Waals surface area contributed by atoms with Gasteiger partial charge in [0.05, 0.1) is 22.4 Å². The molecule has 2 aliphatic rings. The van der Waals surface area contributed by atoms with Gasteiger partial charge in [-0.2, -0.15) is 4.31 Å². The monoisotopic (exact) mass is 337 g/mol. The first-order valence-corrected chi connectivity index (χ1v) is 10.1. The summed E-state index contributed by atoms with van der Waals surface area (Å²) in [5, 5.41) is 0. The Morgan fingerprint density at radius 1 is 1.00 bits per heavy atom. The van der Waals surface area contributed by atoms with Crippen LogP contribution >= 0.6 is 0 Å². The molecule has 1 aromatic carbocycles. The largest absolute Gasteiger partial charge is 0.350 e. The Hall–Kier alpha value is -1.27. The topological polar surface area (TPSA) is 43.9 Å². The smallest absolute Gasteiger partial charge is 0.243 e. The van der Waals surface area contributed by atoms with Gasteiger partial charge in [0.25, 0.3) is 0 Å². The number of piperidine rings is 1. The molecule has 2 heterocycles. The van der Waals surface area contributed by atoms with Gasteiger partial charge in [0, 0.05) is 26.2 Å². The molecule has 0 spiro atoms. The summed E-state index contributed by atoms with van der Waals surface area (Å²) in [4.78, 5) is 5.02. The van der Waals surface area contributed by atoms with E-state index in [1.807, 2.05) is 12.1 Å². The van der Waals surface area contributed by atoms with Crippen LogP contribution in [0.2, 0.25) is 0 Å². The zero-order valence-corrected chi connectivity index (χ0v) is 15.1. The quantitative estimate of drug-likeness (QED) is 0.847. The van der Waals surface area contributed by atoms with E-state index < -0.39 is 10.0 Å². The molecule has 0 N–H and O–H groups in total. The first-order valence-electron chi connectivity index (χ1n) is 8.68. The van der Waals surface area contributed by atoms with Crippen molar-refractivity contribution in [2.24, 2.45) is 0 Å². The Kier molecular flexibility index (Phi) is 4.56. The summed E-state index contributed by atoms with van der Waals surface area (Å²) >= 11 is 0. The van der Waals surface area contributed by atoms with Crippen molar-refractivity contribution >= 4 is 21.4 Å². The summed E-state index contributed by atoms with van der Waals surface area (Å²) in [5.74, 6) is 0. The molecule has 2 aliphatic heterocycles. The van der Waals surface area contributed by atoms with Crippen molar-refractivity contribution in [2.45, 2.75) is 51.1 Å². The molecule has 0 saturated carbocycles. The lowest BCUT2D eigenvalue weighted by Gasteiger charge is -2.28. The number of hydrogen-bond donors (Lipinski definition) is 0. The molecule has 6 heteroatoms. The second-order valence-corrected chi connectivity index (χ2v) is 8.26. The van der Waals surface area contributed by atoms with Gasteiger partial charge < -0.3 is 9.80 Å². The van der Waals surface area contributed by atoms with Crippen LogP contribution in [0, 0.1) is 0 Å². The Labute approximate surface area is 139 Å². The number of anilines is 2. The molecule has 0 bridgehead atoms. The highest BCUT2D eigenvalue weighted by molar-refractivity contribution is 7.89. The Balaban J connectivity index is 1.99. The maximum Gasteiger partial charge on any atom is 0.243 e. The maximum absolute atomic E-state index is 12.9. The minimum absolute atomic E-state index is 0.271. The second kappa shape index (κ2) is 6.32. The Morgan fingerprint density at radius 2 is 1.61 bits per heavy atom. The van der Waals surface area contributed by atoms with E-state index in [2.05, 4.69) is 30.6 Å². The van der Waals surface area contributed by atoms with Crippen LogP contribution in [0.25, 0.3) is 0 Å². The molecule has 23 heavy (non-hydrogen) atoms. The van der Waals surface area contributed by atoms with Crippen LogP contribution < -0.4 is 9.80 Å². The molecule has 1 atom stereocenters. The van der Waals surface area contributed by atoms with E-state index in [0.717, 1.165) is 43.7 Å². The standard InChI is InChI=1S/C17H27N3O2S/c1-4-19-14(3)20(5-2)17-13-15(9-10-16(17)19)23(21,22)18-11-7-6-8-12-18/h9-10,13-14H,4-8,11-12H2,1-3H3. The fourth-order valence-corrected chi connectivity index (χ4v) is 5.37. The molecule has 1 unspecified atom stereocenters. The number of hydrogen-bond acceptors (Lipinski definition) is 4. The lowest BCUT2D eigenvalue weighted by atomic mass is 10.2. The summed E-state index contributed by atoms with van der Waals surface area (Å²) in [6.07, 6.45) is 3.33. The van der Waals surface area contributed by atoms with Gasteiger partial charge in [-0.05, 0) is 51.8 Å². The number of sulfonamides is 1. The van der Waals surface area contributed by atoms with E-state index in [1.165, 1.54) is 0 Å². The molecule has 0 amide bonds. The van der Waals surface area contributed by atoms with Crippen molar-refractivity contribution in [2.75, 3.05) is 36.0 Å². The highest BCUT2D eigenvalue weighted by atomic mass is 32.2. The third-order valence-electron chi connectivity index (χ3n) is 5.10. The molecule has 1 aromatic rings. The number of rotatable bonds is 4. The first kappa shape index (κ1) is 16.6. The van der Waals surface area contributed by atoms with Gasteiger partial charge in [-0.15, -0.1) is 0 Å². The van der Waals surface area contributed by atoms with Crippen LogP contribution in [0.1, 0.15) is 40.0 Å². The third kappa shape index (κ3) is 2.72. The lowest BCUT2D eigenvalue weighted by molar-refractivity contribution is 0.346. The minimum Gasteiger partial charge on any atom is -0.350 e. The molecular weight excluding hydrogens is 310 g/mol. The summed E-state index contributed by atoms with van der Waals surface area (Å²) in [6.45, 7) is 9.51. The minimum atomic E-state index is -3.37. The van der Waals surface area contributed by atoms with Gasteiger partial charge in [0.1, 0.15) is 0 Å². The Morgan fingerprint density at radius 3 is 2.22 bits per heavy atom. The highest BCUT2D eigenvalue weighted by Gasteiger charge is 2.33. The predicted molar refractivity (Wildman–Crippen MR) is 94.6 cm³/mol. The van der Waals surface area contributed by atoms with Crippen molar-refractivity contribution in [3.8, 4) is 0 Å². The molecule has 128 valence electrons. The van der Waals surface area contributed by atoms with Gasteiger partial charge >= 0.3 is 0 Å². The van der Waals surface area contributed by atoms with Gasteiger partial charge in [0.15, 0.2) is 0 Å². The zero-order chi connectivity index (χ0) is 16.6. The summed E-state index contributed by atoms with van der Waals surface area (Å²) in [5.41, 5.74) is 2.18. The van der Waals surface area contributed by atoms with E-state index in [1.54, 1.807) is 10.4 Å². The molecule has 1 fully saturated rings. The average molecular weight is 337 g/mol. The fraction of sp³-hybridized carbons (Fsp3) is 0.647. The van der Waals surface area contributed by atoms with Gasteiger partial charge in [-0.3, -0.25) is 0 Å². The summed E-state index contributed by atoms with van der Waals surface area (Å²) in [6, 6.07) is 5.62. The van der Waals surface area contributed by atoms with Crippen molar-refractivity contribution in [1.82, 2.24) is 4.31 Å². The van der Waals surface area contributed by atoms with Crippen molar-refractivity contribution < 1.29 is 8.42 Å². The molecule has 0 radical (unpaired) electrons. The molecule has 5 nitrogen and oxygen atoms in total. The third-order valence-corrected chi connectivity index (χ3v) is 7.00. The van der Waals surface area contributed by atoms with Gasteiger partial charge in [-0.1, -0.05) is 6.42 Å². The molecule has 0 aromatic heterocycles. The first-order chi connectivity index (χ1) is 11.0. The Bertz CT molecular complexity index is 668. The second-order valence-electron chi connectivity index (χ2n) is 6.32. The normalized spacial score (nSPS) is 22.5. The zero-order valence-electron chi connectivity index (χ0n) is 14.3. The van der Waals surface area contributed by atoms with Crippen LogP contribution in [0.15, 0.2) is 23.1 Å².